The van der Waals surface area contributed by atoms with Crippen molar-refractivity contribution in [1.29, 1.82) is 0 Å². The van der Waals surface area contributed by atoms with Crippen molar-refractivity contribution in [2.24, 2.45) is 0 Å². The first-order valence-corrected chi connectivity index (χ1v) is 6.13. The average Bonchev–Trinajstić information content (AvgIpc) is 2.30. The number of nitrogens with zero attached hydrogens (tertiary/aromatic N) is 1. The molecule has 0 radical (unpaired) electrons. The van der Waals surface area contributed by atoms with Crippen molar-refractivity contribution in [2.75, 3.05) is 14.1 Å². The Balaban J connectivity index is 2.28. The van der Waals surface area contributed by atoms with Crippen LogP contribution in [0, 0.1) is 5.82 Å². The smallest absolute Gasteiger partial charge is 0.124 e. The van der Waals surface area contributed by atoms with Gasteiger partial charge in [-0.2, -0.15) is 0 Å². The zero-order chi connectivity index (χ0) is 13.1. The molecule has 1 nitrogen and oxygen atoms in total. The van der Waals surface area contributed by atoms with Crippen molar-refractivity contribution in [1.82, 2.24) is 4.90 Å². The van der Waals surface area contributed by atoms with Gasteiger partial charge in [-0.25, -0.2) is 4.39 Å². The van der Waals surface area contributed by atoms with Crippen LogP contribution in [0.5, 0.6) is 0 Å². The lowest BCUT2D eigenvalue weighted by atomic mass is 10.0. The molecule has 0 aliphatic heterocycles. The van der Waals surface area contributed by atoms with Crippen molar-refractivity contribution in [3.8, 4) is 11.1 Å². The highest BCUT2D eigenvalue weighted by Crippen LogP contribution is 2.28. The van der Waals surface area contributed by atoms with Crippen LogP contribution >= 0.6 is 11.6 Å². The Morgan fingerprint density at radius 1 is 1.06 bits per heavy atom. The van der Waals surface area contributed by atoms with Gasteiger partial charge in [0.05, 0.1) is 5.02 Å². The van der Waals surface area contributed by atoms with E-state index in [-0.39, 0.29) is 5.82 Å². The molecule has 0 fully saturated rings. The first kappa shape index (κ1) is 13.1. The molecule has 0 atom stereocenters. The predicted molar refractivity (Wildman–Crippen MR) is 74.2 cm³/mol. The summed E-state index contributed by atoms with van der Waals surface area (Å²) in [7, 11) is 4.06. The lowest BCUT2D eigenvalue weighted by Crippen LogP contribution is -2.10. The van der Waals surface area contributed by atoms with Gasteiger partial charge in [0.25, 0.3) is 0 Å². The Hall–Kier alpha value is -1.38. The third kappa shape index (κ3) is 3.09. The van der Waals surface area contributed by atoms with E-state index in [1.54, 1.807) is 6.07 Å². The highest BCUT2D eigenvalue weighted by Gasteiger charge is 2.05. The van der Waals surface area contributed by atoms with Gasteiger partial charge in [0.1, 0.15) is 5.82 Å². The third-order valence-corrected chi connectivity index (χ3v) is 3.01. The maximum absolute atomic E-state index is 13.0. The predicted octanol–water partition coefficient (Wildman–Crippen LogP) is 4.21. The van der Waals surface area contributed by atoms with Crippen molar-refractivity contribution < 1.29 is 4.39 Å². The number of hydrogen-bond acceptors (Lipinski definition) is 1. The summed E-state index contributed by atoms with van der Waals surface area (Å²) >= 11 is 6.04. The molecular weight excluding hydrogens is 249 g/mol. The Morgan fingerprint density at radius 2 is 1.72 bits per heavy atom. The molecule has 2 aromatic carbocycles. The van der Waals surface area contributed by atoms with E-state index >= 15 is 0 Å². The van der Waals surface area contributed by atoms with E-state index in [0.29, 0.717) is 5.02 Å². The van der Waals surface area contributed by atoms with Gasteiger partial charge in [-0.15, -0.1) is 0 Å². The maximum Gasteiger partial charge on any atom is 0.124 e. The van der Waals surface area contributed by atoms with E-state index in [1.165, 1.54) is 17.7 Å². The van der Waals surface area contributed by atoms with E-state index in [2.05, 4.69) is 17.0 Å². The van der Waals surface area contributed by atoms with Gasteiger partial charge in [-0.1, -0.05) is 35.9 Å². The molecule has 0 heterocycles. The monoisotopic (exact) mass is 263 g/mol. The van der Waals surface area contributed by atoms with Crippen LogP contribution in [0.2, 0.25) is 5.02 Å². The summed E-state index contributed by atoms with van der Waals surface area (Å²) in [5.74, 6) is -0.312. The van der Waals surface area contributed by atoms with E-state index < -0.39 is 0 Å². The van der Waals surface area contributed by atoms with Gasteiger partial charge in [0, 0.05) is 12.1 Å². The van der Waals surface area contributed by atoms with Gasteiger partial charge in [-0.05, 0) is 43.4 Å². The van der Waals surface area contributed by atoms with Gasteiger partial charge < -0.3 is 4.90 Å². The summed E-state index contributed by atoms with van der Waals surface area (Å²) in [6.07, 6.45) is 0. The van der Waals surface area contributed by atoms with Crippen LogP contribution in [0.1, 0.15) is 5.56 Å². The normalized spacial score (nSPS) is 10.9. The molecule has 94 valence electrons. The summed E-state index contributed by atoms with van der Waals surface area (Å²) in [6.45, 7) is 0.900. The van der Waals surface area contributed by atoms with E-state index in [4.69, 9.17) is 11.6 Å². The van der Waals surface area contributed by atoms with Crippen molar-refractivity contribution in [3.63, 3.8) is 0 Å². The standard InChI is InChI=1S/C15H15ClFN/c1-18(2)10-11-3-5-12(6-4-11)14-8-7-13(17)9-15(14)16/h3-9H,10H2,1-2H3. The fourth-order valence-electron chi connectivity index (χ4n) is 1.88. The largest absolute Gasteiger partial charge is 0.305 e. The van der Waals surface area contributed by atoms with Gasteiger partial charge in [0.15, 0.2) is 0 Å². The van der Waals surface area contributed by atoms with Crippen LogP contribution in [0.15, 0.2) is 42.5 Å². The first-order chi connectivity index (χ1) is 8.56. The first-order valence-electron chi connectivity index (χ1n) is 5.75. The highest BCUT2D eigenvalue weighted by molar-refractivity contribution is 6.33. The maximum atomic E-state index is 13.0. The molecule has 0 aliphatic rings. The molecule has 18 heavy (non-hydrogen) atoms. The van der Waals surface area contributed by atoms with Crippen molar-refractivity contribution in [2.45, 2.75) is 6.54 Å². The number of rotatable bonds is 3. The number of benzene rings is 2. The van der Waals surface area contributed by atoms with Crippen LogP contribution in [0.4, 0.5) is 4.39 Å². The summed E-state index contributed by atoms with van der Waals surface area (Å²) in [4.78, 5) is 2.11. The Labute approximate surface area is 112 Å². The topological polar surface area (TPSA) is 3.24 Å². The second-order valence-electron chi connectivity index (χ2n) is 4.56. The molecule has 2 rings (SSSR count). The summed E-state index contributed by atoms with van der Waals surface area (Å²) < 4.78 is 13.0. The second-order valence-corrected chi connectivity index (χ2v) is 4.97. The fraction of sp³-hybridized carbons (Fsp3) is 0.200. The molecule has 0 amide bonds. The van der Waals surface area contributed by atoms with Crippen molar-refractivity contribution >= 4 is 11.6 Å². The van der Waals surface area contributed by atoms with Gasteiger partial charge in [-0.3, -0.25) is 0 Å². The zero-order valence-corrected chi connectivity index (χ0v) is 11.2. The zero-order valence-electron chi connectivity index (χ0n) is 10.5. The third-order valence-electron chi connectivity index (χ3n) is 2.69. The Bertz CT molecular complexity index is 535. The molecule has 2 aromatic rings. The average molecular weight is 264 g/mol. The van der Waals surface area contributed by atoms with E-state index in [1.807, 2.05) is 26.2 Å². The van der Waals surface area contributed by atoms with Crippen LogP contribution < -0.4 is 0 Å². The summed E-state index contributed by atoms with van der Waals surface area (Å²) in [5.41, 5.74) is 3.10. The minimum atomic E-state index is -0.312. The van der Waals surface area contributed by atoms with Crippen LogP contribution in [-0.2, 0) is 6.54 Å². The van der Waals surface area contributed by atoms with Crippen LogP contribution in [0.3, 0.4) is 0 Å². The van der Waals surface area contributed by atoms with E-state index in [0.717, 1.165) is 17.7 Å². The fourth-order valence-corrected chi connectivity index (χ4v) is 2.15. The van der Waals surface area contributed by atoms with E-state index in [9.17, 15) is 4.39 Å². The Morgan fingerprint density at radius 3 is 2.28 bits per heavy atom. The number of halogens is 2. The molecular formula is C15H15ClFN. The van der Waals surface area contributed by atoms with Crippen molar-refractivity contribution in [3.05, 3.63) is 58.9 Å². The second kappa shape index (κ2) is 5.51. The molecule has 0 aliphatic carbocycles. The lowest BCUT2D eigenvalue weighted by molar-refractivity contribution is 0.402. The summed E-state index contributed by atoms with van der Waals surface area (Å²) in [5, 5.41) is 0.440. The lowest BCUT2D eigenvalue weighted by Gasteiger charge is -2.10. The minimum Gasteiger partial charge on any atom is -0.305 e. The van der Waals surface area contributed by atoms with Gasteiger partial charge in [0.2, 0.25) is 0 Å². The summed E-state index contributed by atoms with van der Waals surface area (Å²) in [6, 6.07) is 12.6. The molecule has 0 spiro atoms. The SMILES string of the molecule is CN(C)Cc1ccc(-c2ccc(F)cc2Cl)cc1. The number of hydrogen-bond donors (Lipinski definition) is 0. The Kier molecular flexibility index (Phi) is 4.00. The van der Waals surface area contributed by atoms with Crippen LogP contribution in [0.25, 0.3) is 11.1 Å². The minimum absolute atomic E-state index is 0.312. The molecule has 0 N–H and O–H groups in total. The molecule has 0 saturated carbocycles. The molecule has 0 unspecified atom stereocenters. The quantitative estimate of drug-likeness (QED) is 0.802. The molecule has 3 heteroatoms. The molecule has 0 aromatic heterocycles. The van der Waals surface area contributed by atoms with Crippen LogP contribution in [-0.4, -0.2) is 19.0 Å². The van der Waals surface area contributed by atoms with Gasteiger partial charge >= 0.3 is 0 Å². The highest BCUT2D eigenvalue weighted by atomic mass is 35.5. The molecule has 0 bridgehead atoms. The molecule has 0 saturated heterocycles.